The van der Waals surface area contributed by atoms with Gasteiger partial charge in [0, 0.05) is 11.8 Å². The second-order valence-corrected chi connectivity index (χ2v) is 11.2. The lowest BCUT2D eigenvalue weighted by molar-refractivity contribution is -0.140. The van der Waals surface area contributed by atoms with Crippen molar-refractivity contribution in [1.82, 2.24) is 9.71 Å². The molecule has 40 heavy (non-hydrogen) atoms. The first-order chi connectivity index (χ1) is 19.0. The van der Waals surface area contributed by atoms with E-state index in [1.807, 2.05) is 31.2 Å². The largest absolute Gasteiger partial charge is 0.489 e. The summed E-state index contributed by atoms with van der Waals surface area (Å²) in [7, 11) is -4.37. The summed E-state index contributed by atoms with van der Waals surface area (Å²) in [6, 6.07) is 22.3. The zero-order valence-electron chi connectivity index (χ0n) is 22.2. The van der Waals surface area contributed by atoms with Crippen LogP contribution in [0.2, 0.25) is 0 Å². The van der Waals surface area contributed by atoms with Crippen molar-refractivity contribution in [2.24, 2.45) is 5.92 Å². The highest BCUT2D eigenvalue weighted by atomic mass is 32.2. The van der Waals surface area contributed by atoms with Crippen molar-refractivity contribution in [3.63, 3.8) is 0 Å². The summed E-state index contributed by atoms with van der Waals surface area (Å²) >= 11 is 0. The average molecular weight is 565 g/mol. The van der Waals surface area contributed by atoms with Gasteiger partial charge in [0.25, 0.3) is 0 Å². The molecule has 0 spiro atoms. The minimum Gasteiger partial charge on any atom is -0.489 e. The third kappa shape index (κ3) is 7.22. The number of benzene rings is 3. The Balaban J connectivity index is 1.38. The first-order valence-corrected chi connectivity index (χ1v) is 14.0. The van der Waals surface area contributed by atoms with Crippen LogP contribution >= 0.6 is 0 Å². The van der Waals surface area contributed by atoms with Gasteiger partial charge in [-0.1, -0.05) is 50.2 Å². The summed E-state index contributed by atoms with van der Waals surface area (Å²) < 4.78 is 53.8. The molecule has 0 aliphatic rings. The predicted octanol–water partition coefficient (Wildman–Crippen LogP) is 5.95. The lowest BCUT2D eigenvalue weighted by Gasteiger charge is -2.18. The van der Waals surface area contributed by atoms with E-state index >= 15 is 0 Å². The molecule has 208 valence electrons. The molecule has 8 nitrogen and oxygen atoms in total. The van der Waals surface area contributed by atoms with Crippen LogP contribution < -0.4 is 14.2 Å². The van der Waals surface area contributed by atoms with E-state index < -0.39 is 38.7 Å². The summed E-state index contributed by atoms with van der Waals surface area (Å²) in [6.07, 6.45) is 0. The zero-order chi connectivity index (χ0) is 28.9. The monoisotopic (exact) mass is 564 g/mol. The molecule has 0 amide bonds. The van der Waals surface area contributed by atoms with Crippen molar-refractivity contribution in [1.29, 1.82) is 0 Å². The summed E-state index contributed by atoms with van der Waals surface area (Å²) in [5.74, 6) is -1.02. The van der Waals surface area contributed by atoms with Gasteiger partial charge in [0.2, 0.25) is 15.9 Å². The maximum atomic E-state index is 14.8. The molecule has 4 rings (SSSR count). The molecule has 0 saturated heterocycles. The molecule has 0 bridgehead atoms. The molecular formula is C30H29FN2O6S. The van der Waals surface area contributed by atoms with Gasteiger partial charge in [-0.3, -0.25) is 4.79 Å². The van der Waals surface area contributed by atoms with Crippen LogP contribution in [-0.4, -0.2) is 30.5 Å². The van der Waals surface area contributed by atoms with E-state index in [4.69, 9.17) is 9.47 Å². The van der Waals surface area contributed by atoms with E-state index in [0.29, 0.717) is 35.1 Å². The number of pyridine rings is 1. The van der Waals surface area contributed by atoms with Gasteiger partial charge in [0.05, 0.1) is 0 Å². The van der Waals surface area contributed by atoms with E-state index in [-0.39, 0.29) is 0 Å². The maximum Gasteiger partial charge on any atom is 0.322 e. The summed E-state index contributed by atoms with van der Waals surface area (Å²) in [5.41, 5.74) is 2.90. The van der Waals surface area contributed by atoms with E-state index in [2.05, 4.69) is 9.71 Å². The quantitative estimate of drug-likeness (QED) is 0.231. The molecule has 0 aliphatic carbocycles. The molecule has 10 heteroatoms. The van der Waals surface area contributed by atoms with Gasteiger partial charge in [-0.25, -0.2) is 17.8 Å². The molecule has 1 heterocycles. The second-order valence-electron chi connectivity index (χ2n) is 9.50. The highest BCUT2D eigenvalue weighted by molar-refractivity contribution is 7.89. The number of nitrogens with one attached hydrogen (secondary N) is 1. The van der Waals surface area contributed by atoms with Crippen molar-refractivity contribution >= 4 is 16.0 Å². The van der Waals surface area contributed by atoms with Gasteiger partial charge in [-0.15, -0.1) is 0 Å². The number of hydrogen-bond donors (Lipinski definition) is 2. The van der Waals surface area contributed by atoms with Crippen LogP contribution in [-0.2, 0) is 21.4 Å². The van der Waals surface area contributed by atoms with Crippen LogP contribution in [0.3, 0.4) is 0 Å². The predicted molar refractivity (Wildman–Crippen MR) is 148 cm³/mol. The SMILES string of the molecule is Cc1cccc(Oc2ccc(OCc3ccc(-c4ccc(S(=O)(=O)N[C@@H](C(=O)O)C(C)C)c(F)c4)cc3)cc2)n1. The van der Waals surface area contributed by atoms with Gasteiger partial charge in [-0.2, -0.15) is 4.72 Å². The first kappa shape index (κ1) is 28.7. The van der Waals surface area contributed by atoms with Crippen LogP contribution in [0.4, 0.5) is 4.39 Å². The summed E-state index contributed by atoms with van der Waals surface area (Å²) in [5, 5.41) is 9.27. The van der Waals surface area contributed by atoms with Crippen LogP contribution in [0.5, 0.6) is 17.4 Å². The smallest absolute Gasteiger partial charge is 0.322 e. The zero-order valence-corrected chi connectivity index (χ0v) is 23.0. The third-order valence-corrected chi connectivity index (χ3v) is 7.51. The number of carboxylic acids is 1. The van der Waals surface area contributed by atoms with Crippen LogP contribution in [0.25, 0.3) is 11.1 Å². The number of sulfonamides is 1. The van der Waals surface area contributed by atoms with E-state index in [9.17, 15) is 22.7 Å². The Bertz CT molecular complexity index is 1590. The Morgan fingerprint density at radius 1 is 0.950 bits per heavy atom. The van der Waals surface area contributed by atoms with Gasteiger partial charge >= 0.3 is 5.97 Å². The second kappa shape index (κ2) is 12.3. The van der Waals surface area contributed by atoms with Gasteiger partial charge in [0.15, 0.2) is 0 Å². The maximum absolute atomic E-state index is 14.8. The van der Waals surface area contributed by atoms with Crippen LogP contribution in [0.15, 0.2) is 89.8 Å². The number of carboxylic acid groups (broad SMARTS) is 1. The molecule has 3 aromatic carbocycles. The standard InChI is InChI=1S/C30H29FN2O6S/c1-19(2)29(30(34)35)33-40(36,37)27-16-11-23(17-26(27)31)22-9-7-21(8-10-22)18-38-24-12-14-25(15-13-24)39-28-6-4-5-20(3)32-28/h4-17,19,29,33H,18H2,1-3H3,(H,34,35)/t29-/m1/s1. The summed E-state index contributed by atoms with van der Waals surface area (Å²) in [6.45, 7) is 5.32. The Hall–Kier alpha value is -4.28. The fraction of sp³-hybridized carbons (Fsp3) is 0.200. The van der Waals surface area contributed by atoms with Crippen molar-refractivity contribution in [2.45, 2.75) is 38.3 Å². The number of halogens is 1. The van der Waals surface area contributed by atoms with E-state index in [0.717, 1.165) is 23.4 Å². The fourth-order valence-electron chi connectivity index (χ4n) is 3.86. The van der Waals surface area contributed by atoms with Gasteiger partial charge < -0.3 is 14.6 Å². The van der Waals surface area contributed by atoms with Crippen molar-refractivity contribution < 1.29 is 32.2 Å². The Morgan fingerprint density at radius 2 is 1.60 bits per heavy atom. The molecule has 4 aromatic rings. The van der Waals surface area contributed by atoms with Crippen LogP contribution in [0, 0.1) is 18.7 Å². The van der Waals surface area contributed by atoms with Crippen molar-refractivity contribution in [3.8, 4) is 28.5 Å². The minimum atomic E-state index is -4.37. The molecule has 0 radical (unpaired) electrons. The Kier molecular flexibility index (Phi) is 8.81. The number of hydrogen-bond acceptors (Lipinski definition) is 6. The number of aryl methyl sites for hydroxylation is 1. The number of nitrogens with zero attached hydrogens (tertiary/aromatic N) is 1. The topological polar surface area (TPSA) is 115 Å². The Morgan fingerprint density at radius 3 is 2.20 bits per heavy atom. The minimum absolute atomic E-state index is 0.303. The molecule has 1 aromatic heterocycles. The van der Waals surface area contributed by atoms with Crippen molar-refractivity contribution in [2.75, 3.05) is 0 Å². The number of rotatable bonds is 11. The van der Waals surface area contributed by atoms with Gasteiger partial charge in [0.1, 0.15) is 34.9 Å². The molecule has 0 fully saturated rings. The molecule has 2 N–H and O–H groups in total. The molecule has 0 saturated carbocycles. The number of aromatic nitrogens is 1. The molecule has 1 atom stereocenters. The first-order valence-electron chi connectivity index (χ1n) is 12.5. The molecule has 0 aliphatic heterocycles. The number of carbonyl (C=O) groups is 1. The summed E-state index contributed by atoms with van der Waals surface area (Å²) in [4.78, 5) is 15.1. The third-order valence-electron chi connectivity index (χ3n) is 6.04. The van der Waals surface area contributed by atoms with E-state index in [1.165, 1.54) is 6.07 Å². The highest BCUT2D eigenvalue weighted by Gasteiger charge is 2.29. The Labute approximate surface area is 232 Å². The number of aliphatic carboxylic acids is 1. The lowest BCUT2D eigenvalue weighted by atomic mass is 10.0. The normalized spacial score (nSPS) is 12.2. The highest BCUT2D eigenvalue weighted by Crippen LogP contribution is 2.26. The number of ether oxygens (including phenoxy) is 2. The fourth-order valence-corrected chi connectivity index (χ4v) is 5.26. The van der Waals surface area contributed by atoms with Crippen LogP contribution in [0.1, 0.15) is 25.1 Å². The lowest BCUT2D eigenvalue weighted by Crippen LogP contribution is -2.44. The van der Waals surface area contributed by atoms with E-state index in [1.54, 1.807) is 56.3 Å². The molecule has 0 unspecified atom stereocenters. The molecular weight excluding hydrogens is 535 g/mol. The van der Waals surface area contributed by atoms with Crippen molar-refractivity contribution in [3.05, 3.63) is 102 Å². The van der Waals surface area contributed by atoms with Gasteiger partial charge in [-0.05, 0) is 72.0 Å². The average Bonchev–Trinajstić information content (AvgIpc) is 2.91.